The van der Waals surface area contributed by atoms with E-state index in [0.717, 1.165) is 56.9 Å². The molecule has 0 bridgehead atoms. The number of ether oxygens (including phenoxy) is 1. The zero-order chi connectivity index (χ0) is 26.2. The second kappa shape index (κ2) is 11.1. The van der Waals surface area contributed by atoms with Gasteiger partial charge in [0, 0.05) is 56.6 Å². The molecule has 204 valence electrons. The number of carbonyl (C=O) groups excluding carboxylic acids is 2. The number of H-pyrrole nitrogens is 1. The Balaban J connectivity index is 0.00000336. The average molecular weight is 522 g/mol. The van der Waals surface area contributed by atoms with Gasteiger partial charge in [-0.05, 0) is 57.7 Å². The number of nitrogens with one attached hydrogen (secondary N) is 2. The van der Waals surface area contributed by atoms with Crippen molar-refractivity contribution in [3.8, 4) is 6.07 Å². The van der Waals surface area contributed by atoms with E-state index in [2.05, 4.69) is 33.4 Å². The Labute approximate surface area is 224 Å². The summed E-state index contributed by atoms with van der Waals surface area (Å²) in [6.07, 6.45) is 2.23. The lowest BCUT2D eigenvalue weighted by Gasteiger charge is -2.44. The minimum Gasteiger partial charge on any atom is -0.381 e. The topological polar surface area (TPSA) is 118 Å². The van der Waals surface area contributed by atoms with E-state index in [9.17, 15) is 9.59 Å². The molecule has 1 atom stereocenters. The highest BCUT2D eigenvalue weighted by Crippen LogP contribution is 2.41. The first kappa shape index (κ1) is 27.6. The zero-order valence-electron chi connectivity index (χ0n) is 21.8. The zero-order valence-corrected chi connectivity index (χ0v) is 21.8. The Hall–Kier alpha value is -3.42. The summed E-state index contributed by atoms with van der Waals surface area (Å²) in [5, 5.41) is 19.4. The smallest absolute Gasteiger partial charge is 0.321 e. The van der Waals surface area contributed by atoms with Crippen molar-refractivity contribution in [3.63, 3.8) is 0 Å². The number of carbonyl (C=O) groups is 2. The fraction of sp³-hybridized carbons (Fsp3) is 0.571. The van der Waals surface area contributed by atoms with Gasteiger partial charge >= 0.3 is 6.03 Å². The van der Waals surface area contributed by atoms with Crippen molar-refractivity contribution >= 4 is 17.8 Å². The van der Waals surface area contributed by atoms with Gasteiger partial charge in [0.15, 0.2) is 5.82 Å². The van der Waals surface area contributed by atoms with Crippen LogP contribution < -0.4 is 5.32 Å². The van der Waals surface area contributed by atoms with Crippen LogP contribution >= 0.6 is 0 Å². The maximum Gasteiger partial charge on any atom is 0.321 e. The first-order valence-electron chi connectivity index (χ1n) is 13.1. The fourth-order valence-electron chi connectivity index (χ4n) is 5.77. The van der Waals surface area contributed by atoms with Gasteiger partial charge in [0.25, 0.3) is 5.91 Å². The summed E-state index contributed by atoms with van der Waals surface area (Å²) < 4.78 is 5.50. The van der Waals surface area contributed by atoms with Crippen LogP contribution in [0, 0.1) is 17.2 Å². The van der Waals surface area contributed by atoms with Crippen LogP contribution in [0.1, 0.15) is 68.2 Å². The number of nitrogens with zero attached hydrogens (tertiary/aromatic N) is 5. The number of nitriles is 1. The van der Waals surface area contributed by atoms with Crippen molar-refractivity contribution in [1.29, 1.82) is 5.26 Å². The van der Waals surface area contributed by atoms with Gasteiger partial charge in [-0.25, -0.2) is 4.79 Å². The molecule has 1 aromatic heterocycles. The molecule has 1 aromatic carbocycles. The molecule has 3 aliphatic rings. The maximum atomic E-state index is 13.8. The molecule has 3 amide bonds. The van der Waals surface area contributed by atoms with Gasteiger partial charge in [0.05, 0.1) is 29.4 Å². The van der Waals surface area contributed by atoms with Crippen molar-refractivity contribution in [3.05, 3.63) is 46.6 Å². The van der Waals surface area contributed by atoms with Crippen LogP contribution in [0.5, 0.6) is 0 Å². The van der Waals surface area contributed by atoms with Gasteiger partial charge in [-0.1, -0.05) is 13.5 Å². The van der Waals surface area contributed by atoms with Crippen LogP contribution in [0.25, 0.3) is 0 Å². The first-order valence-corrected chi connectivity index (χ1v) is 13.1. The Bertz CT molecular complexity index is 1210. The van der Waals surface area contributed by atoms with Crippen molar-refractivity contribution in [2.45, 2.75) is 59.2 Å². The summed E-state index contributed by atoms with van der Waals surface area (Å²) in [5.74, 6) is 0.748. The van der Waals surface area contributed by atoms with Crippen LogP contribution in [0.3, 0.4) is 0 Å². The second-order valence-electron chi connectivity index (χ2n) is 10.9. The Morgan fingerprint density at radius 3 is 2.74 bits per heavy atom. The van der Waals surface area contributed by atoms with E-state index in [1.54, 1.807) is 24.3 Å². The number of piperazine rings is 1. The van der Waals surface area contributed by atoms with E-state index in [-0.39, 0.29) is 25.4 Å². The molecule has 2 N–H and O–H groups in total. The minimum atomic E-state index is -0.595. The summed E-state index contributed by atoms with van der Waals surface area (Å²) >= 11 is 0. The lowest BCUT2D eigenvalue weighted by molar-refractivity contribution is 0.0290. The Kier molecular flexibility index (Phi) is 8.09. The third kappa shape index (κ3) is 5.26. The summed E-state index contributed by atoms with van der Waals surface area (Å²) in [6.45, 7) is 11.7. The Morgan fingerprint density at radius 1 is 1.26 bits per heavy atom. The van der Waals surface area contributed by atoms with Gasteiger partial charge < -0.3 is 19.9 Å². The third-order valence-electron chi connectivity index (χ3n) is 8.00. The summed E-state index contributed by atoms with van der Waals surface area (Å²) in [6, 6.07) is 8.70. The monoisotopic (exact) mass is 521 g/mol. The van der Waals surface area contributed by atoms with Crippen molar-refractivity contribution < 1.29 is 14.3 Å². The number of rotatable bonds is 4. The maximum absolute atomic E-state index is 13.8. The molecule has 0 radical (unpaired) electrons. The fourth-order valence-corrected chi connectivity index (χ4v) is 5.77. The van der Waals surface area contributed by atoms with Gasteiger partial charge in [-0.3, -0.25) is 14.8 Å². The van der Waals surface area contributed by atoms with Crippen LogP contribution in [0.15, 0.2) is 24.3 Å². The number of amides is 3. The molecule has 4 heterocycles. The summed E-state index contributed by atoms with van der Waals surface area (Å²) in [7, 11) is 0. The molecule has 10 nitrogen and oxygen atoms in total. The first-order chi connectivity index (χ1) is 17.8. The van der Waals surface area contributed by atoms with Gasteiger partial charge in [-0.2, -0.15) is 10.4 Å². The number of aromatic nitrogens is 2. The van der Waals surface area contributed by atoms with Crippen LogP contribution in [-0.4, -0.2) is 82.3 Å². The van der Waals surface area contributed by atoms with E-state index in [4.69, 9.17) is 10.00 Å². The molecule has 0 spiro atoms. The number of anilines is 1. The van der Waals surface area contributed by atoms with Crippen LogP contribution in [0.4, 0.5) is 10.6 Å². The Morgan fingerprint density at radius 2 is 2.03 bits per heavy atom. The van der Waals surface area contributed by atoms with E-state index in [1.165, 1.54) is 0 Å². The highest BCUT2D eigenvalue weighted by Gasteiger charge is 2.46. The SMILES string of the molecule is C.C[C@H]1CN(CC2CCOCC2)CCN1C(=O)N1Cc2c(NC(=O)c3cccc(C#N)c3)n[nH]c2C1(C)C. The van der Waals surface area contributed by atoms with Gasteiger partial charge in [-0.15, -0.1) is 0 Å². The molecule has 2 saturated heterocycles. The molecule has 0 unspecified atom stereocenters. The van der Waals surface area contributed by atoms with E-state index in [1.807, 2.05) is 23.6 Å². The number of hydrogen-bond donors (Lipinski definition) is 2. The number of fused-ring (bicyclic) bond motifs is 1. The molecule has 5 rings (SSSR count). The lowest BCUT2D eigenvalue weighted by atomic mass is 9.99. The molecule has 2 fully saturated rings. The standard InChI is InChI=1S/C27H35N7O3.CH4/c1-18-15-32(16-19-7-11-37-12-8-19)9-10-33(18)26(36)34-17-22-23(27(34,2)3)30-31-24(22)29-25(35)21-6-4-5-20(13-21)14-28;/h4-6,13,18-19H,7-12,15-17H2,1-3H3,(H2,29,30,31,35);1H4/t18-;/m0./s1. The number of aromatic amines is 1. The van der Waals surface area contributed by atoms with E-state index in [0.29, 0.717) is 36.0 Å². The molecule has 3 aliphatic heterocycles. The highest BCUT2D eigenvalue weighted by molar-refractivity contribution is 6.04. The second-order valence-corrected chi connectivity index (χ2v) is 10.9. The number of hydrogen-bond acceptors (Lipinski definition) is 6. The molecule has 2 aromatic rings. The highest BCUT2D eigenvalue weighted by atomic mass is 16.5. The van der Waals surface area contributed by atoms with Crippen molar-refractivity contribution in [1.82, 2.24) is 24.9 Å². The average Bonchev–Trinajstić information content (AvgIpc) is 3.42. The van der Waals surface area contributed by atoms with Crippen molar-refractivity contribution in [2.24, 2.45) is 5.92 Å². The molecule has 0 aliphatic carbocycles. The lowest BCUT2D eigenvalue weighted by Crippen LogP contribution is -2.59. The molecular weight excluding hydrogens is 482 g/mol. The summed E-state index contributed by atoms with van der Waals surface area (Å²) in [5.41, 5.74) is 1.84. The van der Waals surface area contributed by atoms with Crippen LogP contribution in [-0.2, 0) is 16.8 Å². The molecular formula is C28H39N7O3. The quantitative estimate of drug-likeness (QED) is 0.632. The number of urea groups is 1. The largest absolute Gasteiger partial charge is 0.381 e. The minimum absolute atomic E-state index is 0. The third-order valence-corrected chi connectivity index (χ3v) is 8.00. The predicted molar refractivity (Wildman–Crippen MR) is 145 cm³/mol. The van der Waals surface area contributed by atoms with Gasteiger partial charge in [0.2, 0.25) is 0 Å². The summed E-state index contributed by atoms with van der Waals surface area (Å²) in [4.78, 5) is 33.0. The molecule has 10 heteroatoms. The molecule has 38 heavy (non-hydrogen) atoms. The van der Waals surface area contributed by atoms with Gasteiger partial charge in [0.1, 0.15) is 0 Å². The van der Waals surface area contributed by atoms with E-state index < -0.39 is 5.54 Å². The van der Waals surface area contributed by atoms with E-state index >= 15 is 0 Å². The normalized spacial score (nSPS) is 21.4. The predicted octanol–water partition coefficient (Wildman–Crippen LogP) is 3.77. The molecule has 0 saturated carbocycles. The van der Waals surface area contributed by atoms with Crippen LogP contribution in [0.2, 0.25) is 0 Å². The number of benzene rings is 1. The van der Waals surface area contributed by atoms with Crippen molar-refractivity contribution in [2.75, 3.05) is 44.7 Å².